The molecule has 0 aliphatic rings. The first-order valence-corrected chi connectivity index (χ1v) is 7.08. The molecule has 5 nitrogen and oxygen atoms in total. The van der Waals surface area contributed by atoms with E-state index in [-0.39, 0.29) is 0 Å². The van der Waals surface area contributed by atoms with E-state index in [1.807, 2.05) is 42.5 Å². The summed E-state index contributed by atoms with van der Waals surface area (Å²) in [6, 6.07) is 13.4. The highest BCUT2D eigenvalue weighted by Gasteiger charge is 2.17. The molecule has 118 valence electrons. The maximum absolute atomic E-state index is 5.87. The van der Waals surface area contributed by atoms with Crippen molar-refractivity contribution in [2.75, 3.05) is 21.3 Å². The van der Waals surface area contributed by atoms with Crippen LogP contribution in [0.15, 0.2) is 53.1 Å². The van der Waals surface area contributed by atoms with Crippen LogP contribution in [0.3, 0.4) is 0 Å². The molecular weight excluding hydrogens is 294 g/mol. The van der Waals surface area contributed by atoms with E-state index >= 15 is 0 Å². The van der Waals surface area contributed by atoms with Crippen LogP contribution in [0.4, 0.5) is 0 Å². The lowest BCUT2D eigenvalue weighted by Gasteiger charge is -2.12. The molecule has 0 aliphatic carbocycles. The molecule has 0 fully saturated rings. The van der Waals surface area contributed by atoms with Crippen LogP contribution < -0.4 is 14.2 Å². The monoisotopic (exact) mass is 311 g/mol. The van der Waals surface area contributed by atoms with Crippen molar-refractivity contribution < 1.29 is 18.6 Å². The third kappa shape index (κ3) is 2.85. The lowest BCUT2D eigenvalue weighted by Crippen LogP contribution is -1.95. The number of ether oxygens (including phenoxy) is 3. The Balaban J connectivity index is 2.04. The van der Waals surface area contributed by atoms with Crippen LogP contribution in [0.5, 0.6) is 17.2 Å². The molecule has 1 aromatic heterocycles. The molecule has 5 heteroatoms. The van der Waals surface area contributed by atoms with Crippen LogP contribution in [-0.2, 0) is 0 Å². The largest absolute Gasteiger partial charge is 0.493 e. The normalized spacial score (nSPS) is 10.4. The molecule has 0 N–H and O–H groups in total. The average Bonchev–Trinajstić information content (AvgIpc) is 3.11. The molecule has 0 radical (unpaired) electrons. The van der Waals surface area contributed by atoms with Crippen LogP contribution in [0.2, 0.25) is 0 Å². The lowest BCUT2D eigenvalue weighted by atomic mass is 10.2. The van der Waals surface area contributed by atoms with Gasteiger partial charge < -0.3 is 18.6 Å². The maximum Gasteiger partial charge on any atom is 0.226 e. The Morgan fingerprint density at radius 3 is 2.04 bits per heavy atom. The molecule has 0 spiro atoms. The summed E-state index contributed by atoms with van der Waals surface area (Å²) in [4.78, 5) is 4.35. The van der Waals surface area contributed by atoms with Crippen molar-refractivity contribution in [1.29, 1.82) is 0 Å². The predicted molar refractivity (Wildman–Crippen MR) is 87.0 cm³/mol. The van der Waals surface area contributed by atoms with Crippen LogP contribution in [0.1, 0.15) is 0 Å². The molecule has 1 heterocycles. The van der Waals surface area contributed by atoms with Gasteiger partial charge in [-0.1, -0.05) is 30.3 Å². The van der Waals surface area contributed by atoms with Gasteiger partial charge in [-0.15, -0.1) is 0 Å². The SMILES string of the molecule is COc1cc(-c2ncc(-c3ccccc3)o2)cc(OC)c1OC. The maximum atomic E-state index is 5.87. The Bertz CT molecular complexity index is 771. The zero-order chi connectivity index (χ0) is 16.2. The quantitative estimate of drug-likeness (QED) is 0.712. The van der Waals surface area contributed by atoms with Gasteiger partial charge in [-0.05, 0) is 12.1 Å². The summed E-state index contributed by atoms with van der Waals surface area (Å²) in [5, 5.41) is 0. The van der Waals surface area contributed by atoms with Crippen LogP contribution in [0, 0.1) is 0 Å². The first-order chi connectivity index (χ1) is 11.3. The highest BCUT2D eigenvalue weighted by molar-refractivity contribution is 5.67. The number of methoxy groups -OCH3 is 3. The van der Waals surface area contributed by atoms with E-state index in [0.29, 0.717) is 28.9 Å². The van der Waals surface area contributed by atoms with E-state index in [1.165, 1.54) is 0 Å². The van der Waals surface area contributed by atoms with E-state index in [0.717, 1.165) is 11.1 Å². The Morgan fingerprint density at radius 1 is 0.826 bits per heavy atom. The van der Waals surface area contributed by atoms with Gasteiger partial charge in [-0.2, -0.15) is 0 Å². The number of benzene rings is 2. The van der Waals surface area contributed by atoms with Gasteiger partial charge in [-0.25, -0.2) is 4.98 Å². The van der Waals surface area contributed by atoms with Gasteiger partial charge in [0.2, 0.25) is 11.6 Å². The second kappa shape index (κ2) is 6.44. The van der Waals surface area contributed by atoms with Gasteiger partial charge >= 0.3 is 0 Å². The Labute approximate surface area is 134 Å². The summed E-state index contributed by atoms with van der Waals surface area (Å²) in [7, 11) is 4.72. The Morgan fingerprint density at radius 2 is 1.48 bits per heavy atom. The molecule has 23 heavy (non-hydrogen) atoms. The first-order valence-electron chi connectivity index (χ1n) is 7.08. The Hall–Kier alpha value is -2.95. The predicted octanol–water partition coefficient (Wildman–Crippen LogP) is 4.03. The van der Waals surface area contributed by atoms with Gasteiger partial charge in [-0.3, -0.25) is 0 Å². The number of hydrogen-bond donors (Lipinski definition) is 0. The summed E-state index contributed by atoms with van der Waals surface area (Å²) in [6.07, 6.45) is 1.70. The summed E-state index contributed by atoms with van der Waals surface area (Å²) in [5.41, 5.74) is 1.72. The average molecular weight is 311 g/mol. The number of nitrogens with zero attached hydrogens (tertiary/aromatic N) is 1. The smallest absolute Gasteiger partial charge is 0.226 e. The molecule has 3 rings (SSSR count). The van der Waals surface area contributed by atoms with E-state index in [1.54, 1.807) is 27.5 Å². The molecule has 0 atom stereocenters. The van der Waals surface area contributed by atoms with Crippen molar-refractivity contribution in [2.45, 2.75) is 0 Å². The van der Waals surface area contributed by atoms with Crippen LogP contribution in [0.25, 0.3) is 22.8 Å². The van der Waals surface area contributed by atoms with E-state index < -0.39 is 0 Å². The second-order valence-corrected chi connectivity index (χ2v) is 4.81. The van der Waals surface area contributed by atoms with Crippen molar-refractivity contribution in [2.24, 2.45) is 0 Å². The zero-order valence-electron chi connectivity index (χ0n) is 13.2. The fourth-order valence-electron chi connectivity index (χ4n) is 2.35. The number of hydrogen-bond acceptors (Lipinski definition) is 5. The van der Waals surface area contributed by atoms with Crippen LogP contribution >= 0.6 is 0 Å². The van der Waals surface area contributed by atoms with Crippen LogP contribution in [-0.4, -0.2) is 26.3 Å². The third-order valence-corrected chi connectivity index (χ3v) is 3.48. The standard InChI is InChI=1S/C18H17NO4/c1-20-14-9-13(10-15(21-2)17(14)22-3)18-19-11-16(23-18)12-7-5-4-6-8-12/h4-11H,1-3H3. The zero-order valence-corrected chi connectivity index (χ0v) is 13.2. The van der Waals surface area contributed by atoms with Crippen molar-refractivity contribution in [3.8, 4) is 40.0 Å². The number of oxazole rings is 1. The summed E-state index contributed by atoms with van der Waals surface area (Å²) < 4.78 is 21.9. The molecule has 0 saturated heterocycles. The minimum atomic E-state index is 0.489. The van der Waals surface area contributed by atoms with Crippen molar-refractivity contribution in [3.63, 3.8) is 0 Å². The highest BCUT2D eigenvalue weighted by Crippen LogP contribution is 2.41. The summed E-state index contributed by atoms with van der Waals surface area (Å²) in [6.45, 7) is 0. The van der Waals surface area contributed by atoms with Crippen molar-refractivity contribution in [1.82, 2.24) is 4.98 Å². The minimum Gasteiger partial charge on any atom is -0.493 e. The molecule has 2 aromatic carbocycles. The lowest BCUT2D eigenvalue weighted by molar-refractivity contribution is 0.324. The topological polar surface area (TPSA) is 53.7 Å². The molecule has 0 aliphatic heterocycles. The molecular formula is C18H17NO4. The summed E-state index contributed by atoms with van der Waals surface area (Å²) >= 11 is 0. The van der Waals surface area contributed by atoms with E-state index in [2.05, 4.69) is 4.98 Å². The number of rotatable bonds is 5. The highest BCUT2D eigenvalue weighted by atomic mass is 16.5. The molecule has 0 bridgehead atoms. The molecule has 0 amide bonds. The minimum absolute atomic E-state index is 0.489. The first kappa shape index (κ1) is 15.0. The van der Waals surface area contributed by atoms with E-state index in [4.69, 9.17) is 18.6 Å². The van der Waals surface area contributed by atoms with Gasteiger partial charge in [0, 0.05) is 11.1 Å². The van der Waals surface area contributed by atoms with Gasteiger partial charge in [0.25, 0.3) is 0 Å². The second-order valence-electron chi connectivity index (χ2n) is 4.81. The summed E-state index contributed by atoms with van der Waals surface area (Å²) in [5.74, 6) is 2.84. The van der Waals surface area contributed by atoms with E-state index in [9.17, 15) is 0 Å². The molecule has 0 saturated carbocycles. The number of aromatic nitrogens is 1. The van der Waals surface area contributed by atoms with Gasteiger partial charge in [0.1, 0.15) is 0 Å². The van der Waals surface area contributed by atoms with Crippen molar-refractivity contribution >= 4 is 0 Å². The third-order valence-electron chi connectivity index (χ3n) is 3.48. The van der Waals surface area contributed by atoms with Gasteiger partial charge in [0.15, 0.2) is 17.3 Å². The fourth-order valence-corrected chi connectivity index (χ4v) is 2.35. The molecule has 3 aromatic rings. The molecule has 0 unspecified atom stereocenters. The van der Waals surface area contributed by atoms with Crippen molar-refractivity contribution in [3.05, 3.63) is 48.7 Å². The Kier molecular flexibility index (Phi) is 4.19. The van der Waals surface area contributed by atoms with Gasteiger partial charge in [0.05, 0.1) is 27.5 Å². The fraction of sp³-hybridized carbons (Fsp3) is 0.167.